The number of benzene rings is 2. The Morgan fingerprint density at radius 2 is 1.96 bits per heavy atom. The lowest BCUT2D eigenvalue weighted by atomic mass is 10.1. The largest absolute Gasteiger partial charge is 0.369 e. The minimum Gasteiger partial charge on any atom is -0.369 e. The lowest BCUT2D eigenvalue weighted by Crippen LogP contribution is -2.18. The molecule has 1 aromatic heterocycles. The van der Waals surface area contributed by atoms with Crippen LogP contribution in [0.5, 0.6) is 0 Å². The molecule has 2 aromatic carbocycles. The molecule has 0 unspecified atom stereocenters. The monoisotopic (exact) mass is 380 g/mol. The van der Waals surface area contributed by atoms with Gasteiger partial charge in [0.15, 0.2) is 5.69 Å². The van der Waals surface area contributed by atoms with E-state index in [1.165, 1.54) is 22.9 Å². The fourth-order valence-corrected chi connectivity index (χ4v) is 2.69. The Morgan fingerprint density at radius 3 is 2.68 bits per heavy atom. The third-order valence-corrected chi connectivity index (χ3v) is 4.03. The van der Waals surface area contributed by atoms with Crippen molar-refractivity contribution < 1.29 is 14.5 Å². The summed E-state index contributed by atoms with van der Waals surface area (Å²) in [6, 6.07) is 12.6. The first-order chi connectivity index (χ1) is 13.4. The number of hydrogen-bond acceptors (Lipinski definition) is 6. The lowest BCUT2D eigenvalue weighted by Gasteiger charge is -2.09. The number of amides is 2. The first kappa shape index (κ1) is 18.7. The van der Waals surface area contributed by atoms with Crippen molar-refractivity contribution in [2.24, 2.45) is 5.73 Å². The number of aromatic nitrogens is 3. The molecular formula is C18H16N6O4. The van der Waals surface area contributed by atoms with E-state index >= 15 is 0 Å². The van der Waals surface area contributed by atoms with E-state index in [9.17, 15) is 19.7 Å². The van der Waals surface area contributed by atoms with E-state index in [4.69, 9.17) is 5.73 Å². The van der Waals surface area contributed by atoms with Gasteiger partial charge in [-0.25, -0.2) is 4.68 Å². The number of para-hydroxylation sites is 1. The van der Waals surface area contributed by atoms with Gasteiger partial charge in [0.25, 0.3) is 11.6 Å². The third kappa shape index (κ3) is 3.85. The van der Waals surface area contributed by atoms with E-state index < -0.39 is 16.7 Å². The summed E-state index contributed by atoms with van der Waals surface area (Å²) in [5.74, 6) is -1.04. The molecule has 0 spiro atoms. The molecule has 142 valence electrons. The summed E-state index contributed by atoms with van der Waals surface area (Å²) in [5.41, 5.74) is 7.03. The number of carbonyl (C=O) groups excluding carboxylic acids is 2. The normalized spacial score (nSPS) is 10.5. The highest BCUT2D eigenvalue weighted by Gasteiger charge is 2.19. The predicted octanol–water partition coefficient (Wildman–Crippen LogP) is 1.76. The van der Waals surface area contributed by atoms with Crippen LogP contribution in [0.1, 0.15) is 21.7 Å². The van der Waals surface area contributed by atoms with Gasteiger partial charge in [0.1, 0.15) is 0 Å². The SMILES string of the molecule is Cc1c(C(=O)Nc2ccccc2CC(N)=O)nnn1-c1cccc([N+](=O)[O-])c1. The predicted molar refractivity (Wildman–Crippen MR) is 100 cm³/mol. The number of nitrogens with zero attached hydrogens (tertiary/aromatic N) is 4. The van der Waals surface area contributed by atoms with Crippen LogP contribution in [0.15, 0.2) is 48.5 Å². The number of nitrogens with two attached hydrogens (primary N) is 1. The molecule has 10 nitrogen and oxygen atoms in total. The van der Waals surface area contributed by atoms with Gasteiger partial charge in [0, 0.05) is 17.8 Å². The Balaban J connectivity index is 1.88. The number of nitro groups is 1. The zero-order chi connectivity index (χ0) is 20.3. The number of non-ortho nitro benzene ring substituents is 1. The molecule has 3 N–H and O–H groups in total. The molecule has 0 saturated heterocycles. The summed E-state index contributed by atoms with van der Waals surface area (Å²) < 4.78 is 1.34. The first-order valence-electron chi connectivity index (χ1n) is 8.21. The van der Waals surface area contributed by atoms with Gasteiger partial charge < -0.3 is 11.1 Å². The summed E-state index contributed by atoms with van der Waals surface area (Å²) in [7, 11) is 0. The number of hydrogen-bond donors (Lipinski definition) is 2. The number of primary amides is 1. The quantitative estimate of drug-likeness (QED) is 0.492. The van der Waals surface area contributed by atoms with Gasteiger partial charge in [0.05, 0.1) is 22.7 Å². The van der Waals surface area contributed by atoms with Gasteiger partial charge in [-0.3, -0.25) is 19.7 Å². The Kier molecular flexibility index (Phi) is 5.12. The summed E-state index contributed by atoms with van der Waals surface area (Å²) in [6.07, 6.45) is -0.0180. The van der Waals surface area contributed by atoms with E-state index in [1.54, 1.807) is 37.3 Å². The van der Waals surface area contributed by atoms with E-state index in [0.717, 1.165) is 0 Å². The summed E-state index contributed by atoms with van der Waals surface area (Å²) in [4.78, 5) is 34.3. The van der Waals surface area contributed by atoms with Crippen molar-refractivity contribution in [1.29, 1.82) is 0 Å². The van der Waals surface area contributed by atoms with Gasteiger partial charge in [0.2, 0.25) is 5.91 Å². The molecule has 0 aliphatic heterocycles. The van der Waals surface area contributed by atoms with Crippen molar-refractivity contribution in [3.63, 3.8) is 0 Å². The summed E-state index contributed by atoms with van der Waals surface area (Å²) >= 11 is 0. The van der Waals surface area contributed by atoms with Gasteiger partial charge >= 0.3 is 0 Å². The second-order valence-corrected chi connectivity index (χ2v) is 5.97. The Morgan fingerprint density at radius 1 is 1.21 bits per heavy atom. The number of nitro benzene ring substituents is 1. The molecule has 0 aliphatic rings. The Labute approximate surface area is 159 Å². The van der Waals surface area contributed by atoms with E-state index in [1.807, 2.05) is 0 Å². The summed E-state index contributed by atoms with van der Waals surface area (Å²) in [6.45, 7) is 1.63. The average Bonchev–Trinajstić information content (AvgIpc) is 3.04. The molecular weight excluding hydrogens is 364 g/mol. The molecule has 0 saturated carbocycles. The van der Waals surface area contributed by atoms with Crippen molar-refractivity contribution in [2.75, 3.05) is 5.32 Å². The fraction of sp³-hybridized carbons (Fsp3) is 0.111. The minimum absolute atomic E-state index is 0.0180. The van der Waals surface area contributed by atoms with Crippen LogP contribution in [-0.2, 0) is 11.2 Å². The standard InChI is InChI=1S/C18H16N6O4/c1-11-17(18(26)20-15-8-3-2-5-12(15)9-16(19)25)21-22-23(11)13-6-4-7-14(10-13)24(27)28/h2-8,10H,9H2,1H3,(H2,19,25)(H,20,26). The number of rotatable bonds is 6. The highest BCUT2D eigenvalue weighted by Crippen LogP contribution is 2.20. The topological polar surface area (TPSA) is 146 Å². The zero-order valence-electron chi connectivity index (χ0n) is 14.8. The molecule has 3 aromatic rings. The van der Waals surface area contributed by atoms with E-state index in [2.05, 4.69) is 15.6 Å². The van der Waals surface area contributed by atoms with Crippen molar-refractivity contribution in [1.82, 2.24) is 15.0 Å². The molecule has 2 amide bonds. The highest BCUT2D eigenvalue weighted by atomic mass is 16.6. The molecule has 10 heteroatoms. The van der Waals surface area contributed by atoms with Crippen molar-refractivity contribution >= 4 is 23.2 Å². The second-order valence-electron chi connectivity index (χ2n) is 5.97. The van der Waals surface area contributed by atoms with Crippen LogP contribution in [0.4, 0.5) is 11.4 Å². The number of anilines is 1. The second kappa shape index (κ2) is 7.66. The average molecular weight is 380 g/mol. The maximum absolute atomic E-state index is 12.6. The Hall–Kier alpha value is -4.08. The fourth-order valence-electron chi connectivity index (χ4n) is 2.69. The maximum Gasteiger partial charge on any atom is 0.278 e. The number of carbonyl (C=O) groups is 2. The molecule has 0 atom stereocenters. The van der Waals surface area contributed by atoms with Crippen LogP contribution in [0.2, 0.25) is 0 Å². The van der Waals surface area contributed by atoms with Gasteiger partial charge in [-0.1, -0.05) is 29.5 Å². The van der Waals surface area contributed by atoms with Crippen LogP contribution in [0, 0.1) is 17.0 Å². The highest BCUT2D eigenvalue weighted by molar-refractivity contribution is 6.04. The maximum atomic E-state index is 12.6. The smallest absolute Gasteiger partial charge is 0.278 e. The van der Waals surface area contributed by atoms with Gasteiger partial charge in [-0.2, -0.15) is 0 Å². The molecule has 3 rings (SSSR count). The molecule has 0 fully saturated rings. The minimum atomic E-state index is -0.522. The number of nitrogens with one attached hydrogen (secondary N) is 1. The molecule has 1 heterocycles. The summed E-state index contributed by atoms with van der Waals surface area (Å²) in [5, 5.41) is 21.5. The first-order valence-corrected chi connectivity index (χ1v) is 8.21. The van der Waals surface area contributed by atoms with E-state index in [-0.39, 0.29) is 17.8 Å². The lowest BCUT2D eigenvalue weighted by molar-refractivity contribution is -0.384. The van der Waals surface area contributed by atoms with Crippen LogP contribution >= 0.6 is 0 Å². The van der Waals surface area contributed by atoms with Gasteiger partial charge in [-0.15, -0.1) is 5.10 Å². The molecule has 0 radical (unpaired) electrons. The molecule has 0 aliphatic carbocycles. The Bertz CT molecular complexity index is 1080. The van der Waals surface area contributed by atoms with Crippen LogP contribution in [0.3, 0.4) is 0 Å². The zero-order valence-corrected chi connectivity index (χ0v) is 14.8. The van der Waals surface area contributed by atoms with Crippen LogP contribution in [0.25, 0.3) is 5.69 Å². The molecule has 28 heavy (non-hydrogen) atoms. The van der Waals surface area contributed by atoms with Gasteiger partial charge in [-0.05, 0) is 24.6 Å². The molecule has 0 bridgehead atoms. The van der Waals surface area contributed by atoms with Crippen LogP contribution < -0.4 is 11.1 Å². The van der Waals surface area contributed by atoms with E-state index in [0.29, 0.717) is 22.6 Å². The third-order valence-electron chi connectivity index (χ3n) is 4.03. The van der Waals surface area contributed by atoms with Crippen molar-refractivity contribution in [3.05, 3.63) is 75.6 Å². The van der Waals surface area contributed by atoms with Crippen molar-refractivity contribution in [2.45, 2.75) is 13.3 Å². The van der Waals surface area contributed by atoms with Crippen molar-refractivity contribution in [3.8, 4) is 5.69 Å². The van der Waals surface area contributed by atoms with Crippen LogP contribution in [-0.4, -0.2) is 31.7 Å².